The Hall–Kier alpha value is -1.38. The smallest absolute Gasteiger partial charge is 0.356 e. The van der Waals surface area contributed by atoms with Gasteiger partial charge in [0.1, 0.15) is 5.69 Å². The zero-order valence-electron chi connectivity index (χ0n) is 9.26. The average molecular weight is 141 g/mol. The molecule has 1 heterocycles. The second-order valence-corrected chi connectivity index (χ2v) is 1.44. The molecule has 0 spiro atoms. The lowest BCUT2D eigenvalue weighted by atomic mass is 10.4. The van der Waals surface area contributed by atoms with Gasteiger partial charge in [0.05, 0.1) is 12.6 Å². The van der Waals surface area contributed by atoms with Crippen LogP contribution in [0.15, 0.2) is 24.3 Å². The van der Waals surface area contributed by atoms with Crippen LogP contribution in [0.5, 0.6) is 0 Å². The lowest BCUT2D eigenvalue weighted by Crippen LogP contribution is -2.02. The monoisotopic (exact) mass is 141 g/mol. The molecule has 3 heteroatoms. The first-order valence-electron chi connectivity index (χ1n) is 4.51. The maximum atomic E-state index is 11.0. The number of aromatic nitrogens is 1. The molecular weight excluding hydrogens is 130 g/mol. The van der Waals surface area contributed by atoms with E-state index in [0.717, 1.165) is 7.11 Å². The number of hydrogen-bond acceptors (Lipinski definition) is 3. The maximum Gasteiger partial charge on any atom is 0.356 e. The lowest BCUT2D eigenvalue weighted by molar-refractivity contribution is 0.0594. The van der Waals surface area contributed by atoms with E-state index < -0.39 is 36.0 Å². The van der Waals surface area contributed by atoms with E-state index in [1.54, 1.807) is 0 Å². The molecule has 0 unspecified atom stereocenters. The molecule has 3 nitrogen and oxygen atoms in total. The maximum absolute atomic E-state index is 11.0. The molecule has 0 atom stereocenters. The number of nitrogens with zero attached hydrogens (tertiary/aromatic N) is 1. The van der Waals surface area contributed by atoms with Gasteiger partial charge in [0.2, 0.25) is 0 Å². The number of hydrogen-bond donors (Lipinski definition) is 0. The summed E-state index contributed by atoms with van der Waals surface area (Å²) in [5, 5.41) is 0. The topological polar surface area (TPSA) is 39.2 Å². The van der Waals surface area contributed by atoms with E-state index in [0.29, 0.717) is 0 Å². The third-order valence-corrected chi connectivity index (χ3v) is 0.846. The van der Waals surface area contributed by atoms with Crippen LogP contribution in [-0.4, -0.2) is 18.1 Å². The SMILES string of the molecule is [2H]c1nc(C(=O)OC)c([2H])c([2H])c1[2H]. The van der Waals surface area contributed by atoms with Crippen LogP contribution in [0.2, 0.25) is 0 Å². The van der Waals surface area contributed by atoms with Gasteiger partial charge in [0.25, 0.3) is 0 Å². The molecular formula is C7H7NO2. The molecule has 0 fully saturated rings. The summed E-state index contributed by atoms with van der Waals surface area (Å²) in [6.07, 6.45) is -0.508. The molecule has 0 saturated carbocycles. The van der Waals surface area contributed by atoms with Crippen LogP contribution >= 0.6 is 0 Å². The van der Waals surface area contributed by atoms with Gasteiger partial charge in [0, 0.05) is 6.17 Å². The summed E-state index contributed by atoms with van der Waals surface area (Å²) in [7, 11) is 1.12. The summed E-state index contributed by atoms with van der Waals surface area (Å²) in [6, 6.07) is -1.45. The molecule has 1 aromatic rings. The first-order valence-corrected chi connectivity index (χ1v) is 2.51. The summed E-state index contributed by atoms with van der Waals surface area (Å²) in [5.74, 6) is -0.878. The fraction of sp³-hybridized carbons (Fsp3) is 0.143. The number of rotatable bonds is 1. The van der Waals surface area contributed by atoms with Gasteiger partial charge in [-0.05, 0) is 12.1 Å². The number of esters is 1. The Morgan fingerprint density at radius 2 is 2.60 bits per heavy atom. The first-order chi connectivity index (χ1) is 6.49. The van der Waals surface area contributed by atoms with Crippen molar-refractivity contribution < 1.29 is 15.0 Å². The minimum Gasteiger partial charge on any atom is -0.464 e. The number of carbonyl (C=O) groups excluding carboxylic acids is 1. The highest BCUT2D eigenvalue weighted by Gasteiger charge is 2.02. The van der Waals surface area contributed by atoms with Crippen molar-refractivity contribution in [2.45, 2.75) is 0 Å². The molecule has 52 valence electrons. The van der Waals surface area contributed by atoms with Gasteiger partial charge >= 0.3 is 5.97 Å². The number of pyridine rings is 1. The summed E-state index contributed by atoms with van der Waals surface area (Å²) in [6.45, 7) is 0. The summed E-state index contributed by atoms with van der Waals surface area (Å²) in [5.41, 5.74) is -0.404. The second-order valence-electron chi connectivity index (χ2n) is 1.44. The fourth-order valence-electron chi connectivity index (χ4n) is 0.424. The van der Waals surface area contributed by atoms with Crippen LogP contribution in [0.25, 0.3) is 0 Å². The van der Waals surface area contributed by atoms with Crippen molar-refractivity contribution in [2.24, 2.45) is 0 Å². The molecule has 0 aliphatic heterocycles. The van der Waals surface area contributed by atoms with E-state index in [-0.39, 0.29) is 0 Å². The molecule has 1 aromatic heterocycles. The van der Waals surface area contributed by atoms with Gasteiger partial charge in [-0.25, -0.2) is 9.78 Å². The Balaban J connectivity index is 3.40. The molecule has 1 rings (SSSR count). The highest BCUT2D eigenvalue weighted by molar-refractivity contribution is 5.86. The molecule has 0 aliphatic rings. The molecule has 10 heavy (non-hydrogen) atoms. The van der Waals surface area contributed by atoms with Gasteiger partial charge in [-0.15, -0.1) is 0 Å². The average Bonchev–Trinajstić information content (AvgIpc) is 2.19. The molecule has 0 saturated heterocycles. The normalized spacial score (nSPS) is 14.5. The third kappa shape index (κ3) is 1.31. The van der Waals surface area contributed by atoms with Crippen molar-refractivity contribution >= 4 is 5.97 Å². The predicted octanol–water partition coefficient (Wildman–Crippen LogP) is 0.868. The minimum atomic E-state index is -0.878. The van der Waals surface area contributed by atoms with Crippen molar-refractivity contribution in [1.82, 2.24) is 4.98 Å². The molecule has 0 radical (unpaired) electrons. The van der Waals surface area contributed by atoms with E-state index in [2.05, 4.69) is 9.72 Å². The molecule has 0 aliphatic carbocycles. The van der Waals surface area contributed by atoms with Crippen LogP contribution in [0, 0.1) is 0 Å². The van der Waals surface area contributed by atoms with E-state index in [1.807, 2.05) is 0 Å². The predicted molar refractivity (Wildman–Crippen MR) is 35.6 cm³/mol. The quantitative estimate of drug-likeness (QED) is 0.545. The molecule has 0 N–H and O–H groups in total. The summed E-state index contributed by atoms with van der Waals surface area (Å²) < 4.78 is 33.2. The zero-order valence-corrected chi connectivity index (χ0v) is 5.26. The van der Waals surface area contributed by atoms with Crippen LogP contribution in [0.1, 0.15) is 16.0 Å². The van der Waals surface area contributed by atoms with E-state index in [1.165, 1.54) is 0 Å². The highest BCUT2D eigenvalue weighted by atomic mass is 16.5. The van der Waals surface area contributed by atoms with E-state index >= 15 is 0 Å². The Morgan fingerprint density at radius 3 is 3.30 bits per heavy atom. The summed E-state index contributed by atoms with van der Waals surface area (Å²) in [4.78, 5) is 14.4. The fourth-order valence-corrected chi connectivity index (χ4v) is 0.424. The molecule has 0 amide bonds. The largest absolute Gasteiger partial charge is 0.464 e. The lowest BCUT2D eigenvalue weighted by Gasteiger charge is -1.94. The van der Waals surface area contributed by atoms with Crippen molar-refractivity contribution in [3.63, 3.8) is 0 Å². The standard InChI is InChI=1S/C7H7NO2/c1-10-7(9)6-4-2-3-5-8-6/h2-5H,1H3/i2D,3D,4D,5D. The van der Waals surface area contributed by atoms with Gasteiger partial charge in [-0.1, -0.05) is 6.04 Å². The van der Waals surface area contributed by atoms with Crippen molar-refractivity contribution in [3.8, 4) is 0 Å². The van der Waals surface area contributed by atoms with Crippen LogP contribution in [0.4, 0.5) is 0 Å². The van der Waals surface area contributed by atoms with Crippen LogP contribution in [-0.2, 0) is 4.74 Å². The van der Waals surface area contributed by atoms with Crippen LogP contribution < -0.4 is 0 Å². The Kier molecular flexibility index (Phi) is 0.931. The van der Waals surface area contributed by atoms with E-state index in [4.69, 9.17) is 5.48 Å². The second kappa shape index (κ2) is 2.96. The number of methoxy groups -OCH3 is 1. The van der Waals surface area contributed by atoms with E-state index in [9.17, 15) is 4.79 Å². The number of carbonyl (C=O) groups is 1. The highest BCUT2D eigenvalue weighted by Crippen LogP contribution is 1.93. The van der Waals surface area contributed by atoms with Gasteiger partial charge in [-0.3, -0.25) is 0 Å². The van der Waals surface area contributed by atoms with Crippen molar-refractivity contribution in [1.29, 1.82) is 0 Å². The first kappa shape index (κ1) is 3.14. The van der Waals surface area contributed by atoms with Crippen LogP contribution in [0.3, 0.4) is 0 Å². The molecule has 0 aromatic carbocycles. The third-order valence-electron chi connectivity index (χ3n) is 0.846. The van der Waals surface area contributed by atoms with Gasteiger partial charge < -0.3 is 4.74 Å². The molecule has 0 bridgehead atoms. The van der Waals surface area contributed by atoms with Gasteiger partial charge in [-0.2, -0.15) is 0 Å². The summed E-state index contributed by atoms with van der Waals surface area (Å²) >= 11 is 0. The Labute approximate surface area is 64.3 Å². The number of ether oxygens (including phenoxy) is 1. The zero-order chi connectivity index (χ0) is 10.9. The Morgan fingerprint density at radius 1 is 1.80 bits per heavy atom. The minimum absolute atomic E-state index is 0.404. The Bertz CT molecular complexity index is 394. The van der Waals surface area contributed by atoms with Crippen molar-refractivity contribution in [3.05, 3.63) is 30.0 Å². The van der Waals surface area contributed by atoms with Crippen molar-refractivity contribution in [2.75, 3.05) is 7.11 Å². The van der Waals surface area contributed by atoms with Gasteiger partial charge in [0.15, 0.2) is 0 Å².